The highest BCUT2D eigenvalue weighted by Gasteiger charge is 2.22. The van der Waals surface area contributed by atoms with Crippen LogP contribution in [-0.2, 0) is 4.74 Å². The van der Waals surface area contributed by atoms with Crippen LogP contribution in [0.2, 0.25) is 0 Å². The van der Waals surface area contributed by atoms with E-state index in [9.17, 15) is 5.21 Å². The van der Waals surface area contributed by atoms with Crippen molar-refractivity contribution in [1.82, 2.24) is 5.06 Å². The topological polar surface area (TPSA) is 80.4 Å². The molecule has 5 nitrogen and oxygen atoms in total. The van der Waals surface area contributed by atoms with Gasteiger partial charge in [0, 0.05) is 6.04 Å². The molecule has 1 rings (SSSR count). The van der Waals surface area contributed by atoms with Crippen molar-refractivity contribution in [3.63, 3.8) is 0 Å². The third-order valence-electron chi connectivity index (χ3n) is 3.34. The Bertz CT molecular complexity index is 353. The van der Waals surface area contributed by atoms with Crippen molar-refractivity contribution < 1.29 is 9.94 Å². The average Bonchev–Trinajstić information content (AvgIpc) is 2.40. The molecule has 0 fully saturated rings. The van der Waals surface area contributed by atoms with Gasteiger partial charge in [-0.25, -0.2) is 0 Å². The van der Waals surface area contributed by atoms with E-state index in [1.54, 1.807) is 0 Å². The van der Waals surface area contributed by atoms with E-state index >= 15 is 0 Å². The number of nitrogens with one attached hydrogen (secondary N) is 2. The van der Waals surface area contributed by atoms with Crippen LogP contribution in [0.3, 0.4) is 0 Å². The van der Waals surface area contributed by atoms with Crippen LogP contribution < -0.4 is 0 Å². The molecular weight excluding hydrogens is 242 g/mol. The molecule has 1 aliphatic rings. The van der Waals surface area contributed by atoms with Gasteiger partial charge >= 0.3 is 0 Å². The number of ether oxygens (including phenoxy) is 1. The molecule has 19 heavy (non-hydrogen) atoms. The van der Waals surface area contributed by atoms with Gasteiger partial charge in [-0.15, -0.1) is 0 Å². The van der Waals surface area contributed by atoms with Gasteiger partial charge in [0.15, 0.2) is 0 Å². The van der Waals surface area contributed by atoms with Gasteiger partial charge in [0.2, 0.25) is 5.90 Å². The van der Waals surface area contributed by atoms with Gasteiger partial charge in [-0.2, -0.15) is 5.06 Å². The fourth-order valence-electron chi connectivity index (χ4n) is 1.93. The molecule has 0 aromatic carbocycles. The number of unbranched alkanes of at least 4 members (excludes halogenated alkanes) is 3. The SMILES string of the molecule is CCCCCCOC(=N)C(=N)C1=CCC(C)N(O)C1. The highest BCUT2D eigenvalue weighted by molar-refractivity contribution is 6.43. The summed E-state index contributed by atoms with van der Waals surface area (Å²) in [6.07, 6.45) is 6.97. The summed E-state index contributed by atoms with van der Waals surface area (Å²) in [7, 11) is 0. The summed E-state index contributed by atoms with van der Waals surface area (Å²) in [5, 5.41) is 26.5. The molecular formula is C14H25N3O2. The summed E-state index contributed by atoms with van der Waals surface area (Å²) in [4.78, 5) is 0. The second-order valence-electron chi connectivity index (χ2n) is 5.02. The minimum Gasteiger partial charge on any atom is -0.477 e. The lowest BCUT2D eigenvalue weighted by Crippen LogP contribution is -2.37. The highest BCUT2D eigenvalue weighted by atomic mass is 16.5. The number of hydrogen-bond acceptors (Lipinski definition) is 5. The van der Waals surface area contributed by atoms with Crippen LogP contribution in [0, 0.1) is 10.8 Å². The molecule has 0 saturated heterocycles. The van der Waals surface area contributed by atoms with E-state index in [0.717, 1.165) is 12.8 Å². The molecule has 0 bridgehead atoms. The van der Waals surface area contributed by atoms with E-state index in [0.29, 0.717) is 25.1 Å². The van der Waals surface area contributed by atoms with E-state index in [1.165, 1.54) is 17.9 Å². The molecule has 3 N–H and O–H groups in total. The first-order chi connectivity index (χ1) is 9.06. The minimum atomic E-state index is -0.0919. The Kier molecular flexibility index (Phi) is 6.73. The molecule has 0 amide bonds. The third kappa shape index (κ3) is 5.12. The number of hydroxylamine groups is 2. The molecule has 1 heterocycles. The summed E-state index contributed by atoms with van der Waals surface area (Å²) in [6, 6.07) is 0.0701. The van der Waals surface area contributed by atoms with Crippen LogP contribution in [0.4, 0.5) is 0 Å². The lowest BCUT2D eigenvalue weighted by molar-refractivity contribution is -0.115. The number of rotatable bonds is 7. The van der Waals surface area contributed by atoms with E-state index in [1.807, 2.05) is 13.0 Å². The Balaban J connectivity index is 2.34. The lowest BCUT2D eigenvalue weighted by Gasteiger charge is -2.27. The first kappa shape index (κ1) is 15.9. The summed E-state index contributed by atoms with van der Waals surface area (Å²) >= 11 is 0. The van der Waals surface area contributed by atoms with Crippen LogP contribution in [0.15, 0.2) is 11.6 Å². The summed E-state index contributed by atoms with van der Waals surface area (Å²) in [6.45, 7) is 4.86. The molecule has 0 aliphatic carbocycles. The van der Waals surface area contributed by atoms with Gasteiger partial charge in [0.1, 0.15) is 5.71 Å². The number of nitrogens with zero attached hydrogens (tertiary/aromatic N) is 1. The molecule has 1 unspecified atom stereocenters. The first-order valence-corrected chi connectivity index (χ1v) is 7.01. The molecule has 0 radical (unpaired) electrons. The molecule has 0 aromatic heterocycles. The summed E-state index contributed by atoms with van der Waals surface area (Å²) < 4.78 is 5.28. The fourth-order valence-corrected chi connectivity index (χ4v) is 1.93. The van der Waals surface area contributed by atoms with Gasteiger partial charge in [-0.1, -0.05) is 32.3 Å². The van der Waals surface area contributed by atoms with E-state index in [4.69, 9.17) is 15.6 Å². The third-order valence-corrected chi connectivity index (χ3v) is 3.34. The van der Waals surface area contributed by atoms with Crippen LogP contribution in [0.5, 0.6) is 0 Å². The van der Waals surface area contributed by atoms with Gasteiger partial charge in [0.05, 0.1) is 13.2 Å². The highest BCUT2D eigenvalue weighted by Crippen LogP contribution is 2.15. The van der Waals surface area contributed by atoms with Crippen LogP contribution >= 0.6 is 0 Å². The predicted molar refractivity (Wildman–Crippen MR) is 76.2 cm³/mol. The molecule has 0 aromatic rings. The Morgan fingerprint density at radius 2 is 2.16 bits per heavy atom. The molecule has 0 spiro atoms. The zero-order valence-electron chi connectivity index (χ0n) is 11.9. The predicted octanol–water partition coefficient (Wildman–Crippen LogP) is 2.99. The van der Waals surface area contributed by atoms with E-state index in [-0.39, 0.29) is 17.7 Å². The van der Waals surface area contributed by atoms with Crippen molar-refractivity contribution in [1.29, 1.82) is 10.8 Å². The van der Waals surface area contributed by atoms with Crippen LogP contribution in [-0.4, -0.2) is 41.1 Å². The smallest absolute Gasteiger partial charge is 0.232 e. The van der Waals surface area contributed by atoms with Crippen molar-refractivity contribution in [3.8, 4) is 0 Å². The van der Waals surface area contributed by atoms with Gasteiger partial charge in [0.25, 0.3) is 0 Å². The Morgan fingerprint density at radius 1 is 1.42 bits per heavy atom. The van der Waals surface area contributed by atoms with E-state index in [2.05, 4.69) is 6.92 Å². The standard InChI is InChI=1S/C14H25N3O2/c1-3-4-5-6-9-19-14(16)13(15)12-8-7-11(2)17(18)10-12/h8,11,15-16,18H,3-7,9-10H2,1-2H3. The largest absolute Gasteiger partial charge is 0.477 e. The van der Waals surface area contributed by atoms with Crippen LogP contribution in [0.25, 0.3) is 0 Å². The van der Waals surface area contributed by atoms with E-state index < -0.39 is 0 Å². The first-order valence-electron chi connectivity index (χ1n) is 7.01. The second kappa shape index (κ2) is 8.07. The second-order valence-corrected chi connectivity index (χ2v) is 5.02. The van der Waals surface area contributed by atoms with Crippen LogP contribution in [0.1, 0.15) is 46.0 Å². The molecule has 1 aliphatic heterocycles. The van der Waals surface area contributed by atoms with Gasteiger partial charge in [-0.05, 0) is 25.3 Å². The molecule has 108 valence electrons. The number of hydrogen-bond donors (Lipinski definition) is 3. The van der Waals surface area contributed by atoms with Crippen molar-refractivity contribution >= 4 is 11.6 Å². The molecule has 5 heteroatoms. The molecule has 1 atom stereocenters. The molecule has 0 saturated carbocycles. The van der Waals surface area contributed by atoms with Crippen molar-refractivity contribution in [3.05, 3.63) is 11.6 Å². The zero-order chi connectivity index (χ0) is 14.3. The van der Waals surface area contributed by atoms with Crippen molar-refractivity contribution in [2.45, 2.75) is 52.0 Å². The summed E-state index contributed by atoms with van der Waals surface area (Å²) in [5.74, 6) is -0.0919. The maximum atomic E-state index is 9.64. The average molecular weight is 267 g/mol. The monoisotopic (exact) mass is 267 g/mol. The fraction of sp³-hybridized carbons (Fsp3) is 0.714. The maximum Gasteiger partial charge on any atom is 0.232 e. The maximum absolute atomic E-state index is 9.64. The van der Waals surface area contributed by atoms with Gasteiger partial charge in [-0.3, -0.25) is 10.8 Å². The quantitative estimate of drug-likeness (QED) is 0.377. The van der Waals surface area contributed by atoms with Crippen molar-refractivity contribution in [2.75, 3.05) is 13.2 Å². The lowest BCUT2D eigenvalue weighted by atomic mass is 10.0. The Labute approximate surface area is 115 Å². The van der Waals surface area contributed by atoms with Gasteiger partial charge < -0.3 is 9.94 Å². The minimum absolute atomic E-state index is 0.0701. The van der Waals surface area contributed by atoms with Crippen molar-refractivity contribution in [2.24, 2.45) is 0 Å². The Morgan fingerprint density at radius 3 is 2.79 bits per heavy atom. The summed E-state index contributed by atoms with van der Waals surface area (Å²) in [5.41, 5.74) is 0.751. The Hall–Kier alpha value is -1.20. The zero-order valence-corrected chi connectivity index (χ0v) is 11.9. The normalized spacial score (nSPS) is 19.9.